The second kappa shape index (κ2) is 5.28. The topological polar surface area (TPSA) is 91.6 Å². The molecular weight excluding hydrogens is 349 g/mol. The first-order chi connectivity index (χ1) is 12.3. The van der Waals surface area contributed by atoms with Gasteiger partial charge in [-0.15, -0.1) is 5.10 Å². The van der Waals surface area contributed by atoms with E-state index in [1.807, 2.05) is 0 Å². The summed E-state index contributed by atoms with van der Waals surface area (Å²) in [5.74, 6) is -0.590. The smallest absolute Gasteiger partial charge is 0.366 e. The van der Waals surface area contributed by atoms with Crippen LogP contribution in [0, 0.1) is 0 Å². The highest BCUT2D eigenvalue weighted by Gasteiger charge is 2.32. The average molecular weight is 360 g/mol. The van der Waals surface area contributed by atoms with Gasteiger partial charge in [-0.25, -0.2) is 4.98 Å². The van der Waals surface area contributed by atoms with Crippen LogP contribution in [0.15, 0.2) is 36.5 Å². The zero-order valence-corrected chi connectivity index (χ0v) is 13.3. The van der Waals surface area contributed by atoms with Gasteiger partial charge in [-0.1, -0.05) is 0 Å². The van der Waals surface area contributed by atoms with E-state index in [9.17, 15) is 18.0 Å². The predicted molar refractivity (Wildman–Crippen MR) is 86.7 cm³/mol. The highest BCUT2D eigenvalue weighted by molar-refractivity contribution is 6.08. The molecule has 0 radical (unpaired) electrons. The summed E-state index contributed by atoms with van der Waals surface area (Å²) in [7, 11) is 1.62. The lowest BCUT2D eigenvalue weighted by atomic mass is 10.1. The van der Waals surface area contributed by atoms with Gasteiger partial charge in [-0.2, -0.15) is 23.1 Å². The van der Waals surface area contributed by atoms with Crippen LogP contribution >= 0.6 is 0 Å². The maximum Gasteiger partial charge on any atom is 0.433 e. The van der Waals surface area contributed by atoms with Crippen molar-refractivity contribution >= 4 is 28.0 Å². The summed E-state index contributed by atoms with van der Waals surface area (Å²) in [4.78, 5) is 16.3. The molecule has 3 aromatic heterocycles. The van der Waals surface area contributed by atoms with Crippen molar-refractivity contribution in [3.8, 4) is 5.69 Å². The maximum absolute atomic E-state index is 12.8. The van der Waals surface area contributed by atoms with Gasteiger partial charge in [0.05, 0.1) is 17.4 Å². The first-order valence-corrected chi connectivity index (χ1v) is 7.44. The van der Waals surface area contributed by atoms with Crippen LogP contribution in [0.2, 0.25) is 0 Å². The van der Waals surface area contributed by atoms with E-state index in [1.54, 1.807) is 23.7 Å². The lowest BCUT2D eigenvalue weighted by Gasteiger charge is -2.09. The summed E-state index contributed by atoms with van der Waals surface area (Å²) in [6.07, 6.45) is -3.39. The molecule has 3 heterocycles. The van der Waals surface area contributed by atoms with Crippen LogP contribution in [-0.2, 0) is 13.2 Å². The largest absolute Gasteiger partial charge is 0.433 e. The predicted octanol–water partition coefficient (Wildman–Crippen LogP) is 2.42. The lowest BCUT2D eigenvalue weighted by Crippen LogP contribution is -2.10. The van der Waals surface area contributed by atoms with Gasteiger partial charge < -0.3 is 5.73 Å². The van der Waals surface area contributed by atoms with Gasteiger partial charge in [0.1, 0.15) is 11.2 Å². The standard InChI is InChI=1S/C16H11F3N6O/c1-24-22-13-10-6-8(14(20)26)2-4-11(10)25(15(13)23-24)9-3-5-12(21-7-9)16(17,18)19/h2-7H,1H3,(H2,20,26). The Labute approximate surface area is 143 Å². The number of nitrogens with two attached hydrogens (primary N) is 1. The number of primary amides is 1. The van der Waals surface area contributed by atoms with Crippen molar-refractivity contribution in [1.29, 1.82) is 0 Å². The molecule has 2 N–H and O–H groups in total. The highest BCUT2D eigenvalue weighted by atomic mass is 19.4. The molecule has 1 amide bonds. The molecule has 1 aromatic carbocycles. The van der Waals surface area contributed by atoms with Gasteiger partial charge in [-0.05, 0) is 30.3 Å². The van der Waals surface area contributed by atoms with E-state index in [0.717, 1.165) is 12.3 Å². The molecule has 0 aliphatic heterocycles. The van der Waals surface area contributed by atoms with Crippen molar-refractivity contribution in [1.82, 2.24) is 24.5 Å². The number of carbonyl (C=O) groups excluding carboxylic acids is 1. The number of amides is 1. The number of fused-ring (bicyclic) bond motifs is 3. The molecule has 0 saturated carbocycles. The van der Waals surface area contributed by atoms with Crippen molar-refractivity contribution in [2.45, 2.75) is 6.18 Å². The minimum Gasteiger partial charge on any atom is -0.366 e. The fourth-order valence-corrected chi connectivity index (χ4v) is 2.86. The summed E-state index contributed by atoms with van der Waals surface area (Å²) in [6.45, 7) is 0. The lowest BCUT2D eigenvalue weighted by molar-refractivity contribution is -0.141. The number of benzene rings is 1. The third-order valence-electron chi connectivity index (χ3n) is 3.98. The van der Waals surface area contributed by atoms with E-state index < -0.39 is 17.8 Å². The molecule has 0 saturated heterocycles. The van der Waals surface area contributed by atoms with Gasteiger partial charge in [0.2, 0.25) is 5.91 Å². The molecule has 132 valence electrons. The molecule has 0 aliphatic carbocycles. The third kappa shape index (κ3) is 2.38. The Morgan fingerprint density at radius 3 is 2.54 bits per heavy atom. The minimum atomic E-state index is -4.52. The zero-order valence-electron chi connectivity index (χ0n) is 13.3. The molecule has 0 atom stereocenters. The molecule has 0 bridgehead atoms. The average Bonchev–Trinajstić information content (AvgIpc) is 3.08. The fourth-order valence-electron chi connectivity index (χ4n) is 2.86. The van der Waals surface area contributed by atoms with Crippen molar-refractivity contribution in [2.75, 3.05) is 0 Å². The van der Waals surface area contributed by atoms with Crippen molar-refractivity contribution in [3.63, 3.8) is 0 Å². The number of halogens is 3. The van der Waals surface area contributed by atoms with E-state index in [-0.39, 0.29) is 0 Å². The van der Waals surface area contributed by atoms with Crippen LogP contribution in [0.3, 0.4) is 0 Å². The Bertz CT molecular complexity index is 1160. The van der Waals surface area contributed by atoms with Crippen molar-refractivity contribution in [3.05, 3.63) is 47.8 Å². The summed E-state index contributed by atoms with van der Waals surface area (Å²) in [6, 6.07) is 6.99. The minimum absolute atomic E-state index is 0.299. The van der Waals surface area contributed by atoms with Gasteiger partial charge in [0.15, 0.2) is 5.65 Å². The maximum atomic E-state index is 12.8. The highest BCUT2D eigenvalue weighted by Crippen LogP contribution is 2.32. The third-order valence-corrected chi connectivity index (χ3v) is 3.98. The number of aromatic nitrogens is 5. The quantitative estimate of drug-likeness (QED) is 0.594. The molecule has 0 aliphatic rings. The van der Waals surface area contributed by atoms with E-state index in [2.05, 4.69) is 15.2 Å². The van der Waals surface area contributed by atoms with Crippen LogP contribution in [0.4, 0.5) is 13.2 Å². The Morgan fingerprint density at radius 2 is 1.92 bits per heavy atom. The number of pyridine rings is 1. The van der Waals surface area contributed by atoms with Gasteiger partial charge in [0, 0.05) is 18.0 Å². The molecule has 10 heteroatoms. The number of rotatable bonds is 2. The number of alkyl halides is 3. The Hall–Kier alpha value is -3.43. The molecule has 4 rings (SSSR count). The summed E-state index contributed by atoms with van der Waals surface area (Å²) in [5.41, 5.74) is 6.60. The second-order valence-electron chi connectivity index (χ2n) is 5.69. The van der Waals surface area contributed by atoms with Gasteiger partial charge in [0.25, 0.3) is 0 Å². The number of hydrogen-bond acceptors (Lipinski definition) is 4. The number of hydrogen-bond donors (Lipinski definition) is 1. The Morgan fingerprint density at radius 1 is 1.15 bits per heavy atom. The molecule has 0 fully saturated rings. The van der Waals surface area contributed by atoms with Gasteiger partial charge >= 0.3 is 6.18 Å². The van der Waals surface area contributed by atoms with Crippen LogP contribution in [0.25, 0.3) is 27.8 Å². The molecule has 4 aromatic rings. The molecule has 0 spiro atoms. The van der Waals surface area contributed by atoms with Crippen LogP contribution < -0.4 is 5.73 Å². The fraction of sp³-hybridized carbons (Fsp3) is 0.125. The normalized spacial score (nSPS) is 12.2. The molecule has 7 nitrogen and oxygen atoms in total. The van der Waals surface area contributed by atoms with E-state index in [1.165, 1.54) is 16.9 Å². The summed E-state index contributed by atoms with van der Waals surface area (Å²) in [5, 5.41) is 9.17. The van der Waals surface area contributed by atoms with Crippen LogP contribution in [0.5, 0.6) is 0 Å². The number of nitrogens with zero attached hydrogens (tertiary/aromatic N) is 5. The first-order valence-electron chi connectivity index (χ1n) is 7.44. The number of aryl methyl sites for hydroxylation is 1. The van der Waals surface area contributed by atoms with E-state index in [4.69, 9.17) is 5.73 Å². The first kappa shape index (κ1) is 16.1. The van der Waals surface area contributed by atoms with Crippen molar-refractivity contribution in [2.24, 2.45) is 12.8 Å². The van der Waals surface area contributed by atoms with E-state index in [0.29, 0.717) is 33.3 Å². The van der Waals surface area contributed by atoms with Crippen molar-refractivity contribution < 1.29 is 18.0 Å². The SMILES string of the molecule is Cn1nc2c3cc(C(N)=O)ccc3n(-c3ccc(C(F)(F)F)nc3)c2n1. The zero-order chi connectivity index (χ0) is 18.6. The molecular formula is C16H11F3N6O. The monoisotopic (exact) mass is 360 g/mol. The van der Waals surface area contributed by atoms with Gasteiger partial charge in [-0.3, -0.25) is 9.36 Å². The Balaban J connectivity index is 2.00. The van der Waals surface area contributed by atoms with E-state index >= 15 is 0 Å². The number of carbonyl (C=O) groups is 1. The Kier molecular flexibility index (Phi) is 3.26. The molecule has 26 heavy (non-hydrogen) atoms. The summed E-state index contributed by atoms with van der Waals surface area (Å²) < 4.78 is 39.9. The van der Waals surface area contributed by atoms with Crippen LogP contribution in [-0.4, -0.2) is 30.5 Å². The summed E-state index contributed by atoms with van der Waals surface area (Å²) >= 11 is 0. The second-order valence-corrected chi connectivity index (χ2v) is 5.69. The molecule has 0 unspecified atom stereocenters. The van der Waals surface area contributed by atoms with Crippen LogP contribution in [0.1, 0.15) is 16.1 Å².